The largest absolute Gasteiger partial charge is 0.472 e. The van der Waals surface area contributed by atoms with E-state index >= 15 is 0 Å². The molecule has 0 aliphatic rings. The van der Waals surface area contributed by atoms with E-state index in [2.05, 4.69) is 20.8 Å². The lowest BCUT2D eigenvalue weighted by molar-refractivity contribution is 0.0974. The Kier molecular flexibility index (Phi) is 4.13. The Morgan fingerprint density at radius 1 is 1.47 bits per heavy atom. The number of ketones is 1. The van der Waals surface area contributed by atoms with E-state index in [0.29, 0.717) is 17.4 Å². The predicted octanol–water partition coefficient (Wildman–Crippen LogP) is 4.07. The molecule has 0 saturated heterocycles. The van der Waals surface area contributed by atoms with Crippen molar-refractivity contribution >= 4 is 5.78 Å². The minimum absolute atomic E-state index is 0.190. The predicted molar refractivity (Wildman–Crippen MR) is 61.0 cm³/mol. The lowest BCUT2D eigenvalue weighted by atomic mass is 9.84. The van der Waals surface area contributed by atoms with Crippen LogP contribution in [0.3, 0.4) is 0 Å². The van der Waals surface area contributed by atoms with Crippen LogP contribution in [0.4, 0.5) is 0 Å². The lowest BCUT2D eigenvalue weighted by Gasteiger charge is -2.21. The highest BCUT2D eigenvalue weighted by molar-refractivity contribution is 5.95. The maximum atomic E-state index is 11.6. The third-order valence-electron chi connectivity index (χ3n) is 3.06. The minimum Gasteiger partial charge on any atom is -0.472 e. The van der Waals surface area contributed by atoms with E-state index in [0.717, 1.165) is 19.3 Å². The van der Waals surface area contributed by atoms with Gasteiger partial charge in [0.2, 0.25) is 0 Å². The smallest absolute Gasteiger partial charge is 0.166 e. The quantitative estimate of drug-likeness (QED) is 0.660. The zero-order chi connectivity index (χ0) is 11.3. The van der Waals surface area contributed by atoms with Gasteiger partial charge >= 0.3 is 0 Å². The summed E-state index contributed by atoms with van der Waals surface area (Å²) in [6.45, 7) is 6.68. The molecule has 0 fully saturated rings. The van der Waals surface area contributed by atoms with Gasteiger partial charge in [0.25, 0.3) is 0 Å². The molecule has 2 nitrogen and oxygen atoms in total. The summed E-state index contributed by atoms with van der Waals surface area (Å²) in [6.07, 6.45) is 6.92. The first-order valence-corrected chi connectivity index (χ1v) is 5.60. The van der Waals surface area contributed by atoms with Crippen molar-refractivity contribution in [3.63, 3.8) is 0 Å². The van der Waals surface area contributed by atoms with Crippen molar-refractivity contribution in [3.8, 4) is 0 Å². The number of Topliss-reactive ketones (excluding diaryl/α,β-unsaturated/α-hetero) is 1. The number of hydrogen-bond acceptors (Lipinski definition) is 2. The van der Waals surface area contributed by atoms with E-state index in [-0.39, 0.29) is 5.78 Å². The fourth-order valence-electron chi connectivity index (χ4n) is 1.47. The zero-order valence-corrected chi connectivity index (χ0v) is 9.88. The Labute approximate surface area is 91.7 Å². The molecule has 0 amide bonds. The van der Waals surface area contributed by atoms with Gasteiger partial charge in [0, 0.05) is 6.42 Å². The summed E-state index contributed by atoms with van der Waals surface area (Å²) >= 11 is 0. The molecule has 15 heavy (non-hydrogen) atoms. The van der Waals surface area contributed by atoms with Gasteiger partial charge in [0.15, 0.2) is 5.78 Å². The van der Waals surface area contributed by atoms with E-state index in [1.54, 1.807) is 12.3 Å². The van der Waals surface area contributed by atoms with E-state index in [4.69, 9.17) is 4.42 Å². The van der Waals surface area contributed by atoms with Gasteiger partial charge in [0.1, 0.15) is 6.26 Å². The van der Waals surface area contributed by atoms with Crippen LogP contribution in [0.1, 0.15) is 56.8 Å². The van der Waals surface area contributed by atoms with E-state index < -0.39 is 0 Å². The summed E-state index contributed by atoms with van der Waals surface area (Å²) in [7, 11) is 0. The van der Waals surface area contributed by atoms with Gasteiger partial charge in [-0.25, -0.2) is 0 Å². The van der Waals surface area contributed by atoms with Gasteiger partial charge in [-0.15, -0.1) is 0 Å². The van der Waals surface area contributed by atoms with Crippen molar-refractivity contribution in [2.24, 2.45) is 5.41 Å². The highest BCUT2D eigenvalue weighted by Gasteiger charge is 2.15. The van der Waals surface area contributed by atoms with Crippen LogP contribution < -0.4 is 0 Å². The van der Waals surface area contributed by atoms with Crippen LogP contribution in [0.15, 0.2) is 23.0 Å². The van der Waals surface area contributed by atoms with Crippen LogP contribution in [0.5, 0.6) is 0 Å². The minimum atomic E-state index is 0.190. The average molecular weight is 208 g/mol. The van der Waals surface area contributed by atoms with Gasteiger partial charge in [-0.3, -0.25) is 4.79 Å². The Balaban J connectivity index is 2.30. The number of carbonyl (C=O) groups excluding carboxylic acids is 1. The highest BCUT2D eigenvalue weighted by atomic mass is 16.3. The molecular weight excluding hydrogens is 188 g/mol. The third kappa shape index (κ3) is 3.90. The van der Waals surface area contributed by atoms with E-state index in [1.165, 1.54) is 6.26 Å². The van der Waals surface area contributed by atoms with Crippen molar-refractivity contribution in [1.29, 1.82) is 0 Å². The van der Waals surface area contributed by atoms with Crippen LogP contribution in [0.2, 0.25) is 0 Å². The molecular formula is C13H20O2. The van der Waals surface area contributed by atoms with Crippen molar-refractivity contribution in [2.45, 2.75) is 46.5 Å². The molecule has 1 aromatic heterocycles. The van der Waals surface area contributed by atoms with Gasteiger partial charge in [0.05, 0.1) is 11.8 Å². The fraction of sp³-hybridized carbons (Fsp3) is 0.615. The summed E-state index contributed by atoms with van der Waals surface area (Å²) in [5.74, 6) is 0.190. The van der Waals surface area contributed by atoms with E-state index in [1.807, 2.05) is 0 Å². The normalized spacial score (nSPS) is 11.7. The molecule has 0 radical (unpaired) electrons. The Hall–Kier alpha value is -1.05. The monoisotopic (exact) mass is 208 g/mol. The molecule has 0 spiro atoms. The summed E-state index contributed by atoms with van der Waals surface area (Å²) < 4.78 is 4.88. The first kappa shape index (κ1) is 12.0. The molecule has 0 bridgehead atoms. The molecule has 0 aliphatic heterocycles. The second-order valence-electron chi connectivity index (χ2n) is 4.81. The molecule has 0 saturated carbocycles. The second-order valence-corrected chi connectivity index (χ2v) is 4.81. The second kappa shape index (κ2) is 5.15. The van der Waals surface area contributed by atoms with Gasteiger partial charge in [-0.05, 0) is 24.3 Å². The lowest BCUT2D eigenvalue weighted by Crippen LogP contribution is -2.10. The molecule has 0 aromatic carbocycles. The highest BCUT2D eigenvalue weighted by Crippen LogP contribution is 2.27. The molecule has 0 N–H and O–H groups in total. The van der Waals surface area contributed by atoms with Crippen molar-refractivity contribution < 1.29 is 9.21 Å². The van der Waals surface area contributed by atoms with Crippen molar-refractivity contribution in [3.05, 3.63) is 24.2 Å². The Morgan fingerprint density at radius 2 is 2.20 bits per heavy atom. The van der Waals surface area contributed by atoms with Crippen LogP contribution in [-0.4, -0.2) is 5.78 Å². The summed E-state index contributed by atoms with van der Waals surface area (Å²) in [5.41, 5.74) is 1.06. The topological polar surface area (TPSA) is 30.2 Å². The first-order valence-electron chi connectivity index (χ1n) is 5.60. The SMILES string of the molecule is CCC(C)(C)CCCC(=O)c1ccoc1. The summed E-state index contributed by atoms with van der Waals surface area (Å²) in [4.78, 5) is 11.6. The zero-order valence-electron chi connectivity index (χ0n) is 9.88. The van der Waals surface area contributed by atoms with Gasteiger partial charge in [-0.1, -0.05) is 27.2 Å². The van der Waals surface area contributed by atoms with E-state index in [9.17, 15) is 4.79 Å². The maximum absolute atomic E-state index is 11.6. The number of rotatable bonds is 6. The molecule has 2 heteroatoms. The number of furan rings is 1. The van der Waals surface area contributed by atoms with Gasteiger partial charge < -0.3 is 4.42 Å². The Bertz CT molecular complexity index is 296. The third-order valence-corrected chi connectivity index (χ3v) is 3.06. The maximum Gasteiger partial charge on any atom is 0.166 e. The number of carbonyl (C=O) groups is 1. The molecule has 0 atom stereocenters. The first-order chi connectivity index (χ1) is 7.05. The molecule has 84 valence electrons. The molecule has 1 aromatic rings. The standard InChI is InChI=1S/C13H20O2/c1-4-13(2,3)8-5-6-12(14)11-7-9-15-10-11/h7,9-10H,4-6,8H2,1-3H3. The molecule has 0 aliphatic carbocycles. The summed E-state index contributed by atoms with van der Waals surface area (Å²) in [6, 6.07) is 1.73. The average Bonchev–Trinajstić information content (AvgIpc) is 2.70. The van der Waals surface area contributed by atoms with Crippen LogP contribution in [0, 0.1) is 5.41 Å². The van der Waals surface area contributed by atoms with Crippen molar-refractivity contribution in [2.75, 3.05) is 0 Å². The van der Waals surface area contributed by atoms with Crippen LogP contribution >= 0.6 is 0 Å². The van der Waals surface area contributed by atoms with Crippen LogP contribution in [0.25, 0.3) is 0 Å². The van der Waals surface area contributed by atoms with Crippen LogP contribution in [-0.2, 0) is 0 Å². The molecule has 1 heterocycles. The van der Waals surface area contributed by atoms with Crippen molar-refractivity contribution in [1.82, 2.24) is 0 Å². The Morgan fingerprint density at radius 3 is 2.73 bits per heavy atom. The summed E-state index contributed by atoms with van der Waals surface area (Å²) in [5, 5.41) is 0. The molecule has 1 rings (SSSR count). The molecule has 0 unspecified atom stereocenters. The number of hydrogen-bond donors (Lipinski definition) is 0. The fourth-order valence-corrected chi connectivity index (χ4v) is 1.47. The van der Waals surface area contributed by atoms with Gasteiger partial charge in [-0.2, -0.15) is 0 Å².